The second kappa shape index (κ2) is 5.28. The molecule has 1 aliphatic rings. The van der Waals surface area contributed by atoms with Crippen LogP contribution in [0.2, 0.25) is 0 Å². The predicted octanol–water partition coefficient (Wildman–Crippen LogP) is 3.15. The summed E-state index contributed by atoms with van der Waals surface area (Å²) in [6.07, 6.45) is 1.96. The number of alkyl halides is 1. The molecule has 17 heavy (non-hydrogen) atoms. The van der Waals surface area contributed by atoms with Gasteiger partial charge in [0.2, 0.25) is 0 Å². The van der Waals surface area contributed by atoms with Crippen molar-refractivity contribution in [1.29, 1.82) is 0 Å². The summed E-state index contributed by atoms with van der Waals surface area (Å²) in [7, 11) is 1.72. The summed E-state index contributed by atoms with van der Waals surface area (Å²) < 4.78 is 10.7. The van der Waals surface area contributed by atoms with Gasteiger partial charge in [-0.2, -0.15) is 0 Å². The molecule has 0 atom stereocenters. The Bertz CT molecular complexity index is 386. The molecule has 1 heterocycles. The van der Waals surface area contributed by atoms with Crippen molar-refractivity contribution in [3.05, 3.63) is 29.3 Å². The van der Waals surface area contributed by atoms with E-state index in [4.69, 9.17) is 21.1 Å². The van der Waals surface area contributed by atoms with Crippen LogP contribution in [0.15, 0.2) is 18.2 Å². The fourth-order valence-corrected chi connectivity index (χ4v) is 2.73. The lowest BCUT2D eigenvalue weighted by molar-refractivity contribution is -0.0616. The van der Waals surface area contributed by atoms with Gasteiger partial charge in [-0.25, -0.2) is 0 Å². The molecule has 0 amide bonds. The third kappa shape index (κ3) is 2.29. The number of benzene rings is 1. The van der Waals surface area contributed by atoms with Crippen molar-refractivity contribution >= 4 is 11.6 Å². The van der Waals surface area contributed by atoms with Crippen LogP contribution < -0.4 is 4.74 Å². The van der Waals surface area contributed by atoms with E-state index in [-0.39, 0.29) is 5.41 Å². The number of ether oxygens (including phenoxy) is 2. The highest BCUT2D eigenvalue weighted by atomic mass is 35.5. The molecule has 94 valence electrons. The van der Waals surface area contributed by atoms with Crippen molar-refractivity contribution in [3.63, 3.8) is 0 Å². The van der Waals surface area contributed by atoms with E-state index in [0.717, 1.165) is 31.8 Å². The number of hydrogen-bond donors (Lipinski definition) is 0. The maximum Gasteiger partial charge on any atom is 0.122 e. The molecule has 0 radical (unpaired) electrons. The number of rotatable bonds is 5. The molecule has 1 fully saturated rings. The van der Waals surface area contributed by atoms with E-state index in [1.165, 1.54) is 11.1 Å². The fourth-order valence-electron chi connectivity index (χ4n) is 2.37. The number of halogens is 1. The molecule has 1 aromatic rings. The van der Waals surface area contributed by atoms with Crippen LogP contribution >= 0.6 is 11.6 Å². The quantitative estimate of drug-likeness (QED) is 0.752. The molecular formula is C14H19ClO2. The maximum absolute atomic E-state index is 5.90. The van der Waals surface area contributed by atoms with Crippen molar-refractivity contribution in [2.24, 2.45) is 0 Å². The molecule has 0 aromatic heterocycles. The van der Waals surface area contributed by atoms with Crippen LogP contribution in [-0.4, -0.2) is 26.2 Å². The largest absolute Gasteiger partial charge is 0.496 e. The van der Waals surface area contributed by atoms with Crippen molar-refractivity contribution in [1.82, 2.24) is 0 Å². The topological polar surface area (TPSA) is 18.5 Å². The van der Waals surface area contributed by atoms with Crippen LogP contribution in [0.1, 0.15) is 24.5 Å². The molecule has 1 aliphatic heterocycles. The average Bonchev–Trinajstić information content (AvgIpc) is 2.33. The maximum atomic E-state index is 5.90. The first-order chi connectivity index (χ1) is 8.25. The zero-order valence-corrected chi connectivity index (χ0v) is 11.2. The Hall–Kier alpha value is -0.730. The molecule has 0 unspecified atom stereocenters. The van der Waals surface area contributed by atoms with Gasteiger partial charge in [0.05, 0.1) is 20.3 Å². The summed E-state index contributed by atoms with van der Waals surface area (Å²) in [5, 5.41) is 0. The molecule has 0 spiro atoms. The van der Waals surface area contributed by atoms with Crippen LogP contribution in [-0.2, 0) is 16.6 Å². The molecular weight excluding hydrogens is 236 g/mol. The van der Waals surface area contributed by atoms with Gasteiger partial charge in [-0.05, 0) is 30.0 Å². The molecule has 1 aromatic carbocycles. The second-order valence-electron chi connectivity index (χ2n) is 4.59. The van der Waals surface area contributed by atoms with Crippen LogP contribution in [0.4, 0.5) is 0 Å². The van der Waals surface area contributed by atoms with Crippen LogP contribution in [0.3, 0.4) is 0 Å². The van der Waals surface area contributed by atoms with Gasteiger partial charge in [0.1, 0.15) is 5.75 Å². The van der Waals surface area contributed by atoms with E-state index in [9.17, 15) is 0 Å². The standard InChI is InChI=1S/C14H19ClO2/c1-3-11-8-12(4-5-13(11)16-2)14(6-7-15)9-17-10-14/h4-5,8H,3,6-7,9-10H2,1-2H3. The van der Waals surface area contributed by atoms with E-state index in [1.54, 1.807) is 7.11 Å². The van der Waals surface area contributed by atoms with Gasteiger partial charge in [-0.3, -0.25) is 0 Å². The third-order valence-corrected chi connectivity index (χ3v) is 3.79. The minimum Gasteiger partial charge on any atom is -0.496 e. The Kier molecular flexibility index (Phi) is 3.95. The molecule has 1 saturated heterocycles. The Labute approximate surface area is 108 Å². The van der Waals surface area contributed by atoms with Gasteiger partial charge in [0.25, 0.3) is 0 Å². The van der Waals surface area contributed by atoms with Gasteiger partial charge in [0, 0.05) is 11.3 Å². The van der Waals surface area contributed by atoms with E-state index in [1.807, 2.05) is 0 Å². The van der Waals surface area contributed by atoms with E-state index < -0.39 is 0 Å². The first-order valence-electron chi connectivity index (χ1n) is 6.07. The highest BCUT2D eigenvalue weighted by Crippen LogP contribution is 2.38. The third-order valence-electron chi connectivity index (χ3n) is 3.60. The Morgan fingerprint density at radius 3 is 2.65 bits per heavy atom. The summed E-state index contributed by atoms with van der Waals surface area (Å²) in [5.41, 5.74) is 2.73. The molecule has 3 heteroatoms. The smallest absolute Gasteiger partial charge is 0.122 e. The zero-order valence-electron chi connectivity index (χ0n) is 10.5. The predicted molar refractivity (Wildman–Crippen MR) is 70.2 cm³/mol. The van der Waals surface area contributed by atoms with Gasteiger partial charge in [0.15, 0.2) is 0 Å². The van der Waals surface area contributed by atoms with E-state index in [2.05, 4.69) is 25.1 Å². The average molecular weight is 255 g/mol. The Morgan fingerprint density at radius 2 is 2.18 bits per heavy atom. The molecule has 2 nitrogen and oxygen atoms in total. The summed E-state index contributed by atoms with van der Waals surface area (Å²) in [6.45, 7) is 3.72. The molecule has 0 bridgehead atoms. The van der Waals surface area contributed by atoms with E-state index in [0.29, 0.717) is 5.88 Å². The fraction of sp³-hybridized carbons (Fsp3) is 0.571. The van der Waals surface area contributed by atoms with Crippen LogP contribution in [0.25, 0.3) is 0 Å². The van der Waals surface area contributed by atoms with Crippen LogP contribution in [0.5, 0.6) is 5.75 Å². The Morgan fingerprint density at radius 1 is 1.41 bits per heavy atom. The highest BCUT2D eigenvalue weighted by Gasteiger charge is 2.39. The molecule has 0 saturated carbocycles. The van der Waals surface area contributed by atoms with Crippen molar-refractivity contribution in [2.45, 2.75) is 25.2 Å². The first kappa shape index (κ1) is 12.7. The summed E-state index contributed by atoms with van der Waals surface area (Å²) in [4.78, 5) is 0. The summed E-state index contributed by atoms with van der Waals surface area (Å²) >= 11 is 5.90. The van der Waals surface area contributed by atoms with Gasteiger partial charge < -0.3 is 9.47 Å². The molecule has 2 rings (SSSR count). The minimum atomic E-state index is 0.137. The normalized spacial score (nSPS) is 17.6. The lowest BCUT2D eigenvalue weighted by Crippen LogP contribution is -2.47. The SMILES string of the molecule is CCc1cc(C2(CCCl)COC2)ccc1OC. The summed E-state index contributed by atoms with van der Waals surface area (Å²) in [5.74, 6) is 1.65. The Balaban J connectivity index is 2.32. The number of aryl methyl sites for hydroxylation is 1. The monoisotopic (exact) mass is 254 g/mol. The van der Waals surface area contributed by atoms with Gasteiger partial charge in [-0.15, -0.1) is 11.6 Å². The molecule has 0 N–H and O–H groups in total. The second-order valence-corrected chi connectivity index (χ2v) is 4.97. The van der Waals surface area contributed by atoms with Gasteiger partial charge >= 0.3 is 0 Å². The van der Waals surface area contributed by atoms with Gasteiger partial charge in [-0.1, -0.05) is 19.1 Å². The lowest BCUT2D eigenvalue weighted by Gasteiger charge is -2.42. The first-order valence-corrected chi connectivity index (χ1v) is 6.60. The van der Waals surface area contributed by atoms with Crippen LogP contribution in [0, 0.1) is 0 Å². The van der Waals surface area contributed by atoms with Crippen molar-refractivity contribution in [2.75, 3.05) is 26.2 Å². The highest BCUT2D eigenvalue weighted by molar-refractivity contribution is 6.17. The molecule has 0 aliphatic carbocycles. The minimum absolute atomic E-state index is 0.137. The van der Waals surface area contributed by atoms with E-state index >= 15 is 0 Å². The van der Waals surface area contributed by atoms with Crippen molar-refractivity contribution in [3.8, 4) is 5.75 Å². The lowest BCUT2D eigenvalue weighted by atomic mass is 9.76. The number of hydrogen-bond acceptors (Lipinski definition) is 2. The number of methoxy groups -OCH3 is 1. The summed E-state index contributed by atoms with van der Waals surface area (Å²) in [6, 6.07) is 6.45. The zero-order chi connectivity index (χ0) is 12.3. The van der Waals surface area contributed by atoms with Crippen molar-refractivity contribution < 1.29 is 9.47 Å².